The summed E-state index contributed by atoms with van der Waals surface area (Å²) in [4.78, 5) is 18.6. The number of quaternary nitrogens is 1. The number of rotatable bonds is 6. The number of carbonyl (C=O) groups is 1. The van der Waals surface area contributed by atoms with E-state index < -0.39 is 0 Å². The molecule has 1 N–H and O–H groups in total. The molecule has 2 heterocycles. The zero-order valence-electron chi connectivity index (χ0n) is 14.8. The lowest BCUT2D eigenvalue weighted by Crippen LogP contribution is -3.11. The minimum absolute atomic E-state index is 0.303. The second-order valence-electron chi connectivity index (χ2n) is 6.07. The van der Waals surface area contributed by atoms with Gasteiger partial charge in [0.1, 0.15) is 13.2 Å². The normalized spacial score (nSPS) is 11.7. The van der Waals surface area contributed by atoms with Gasteiger partial charge in [0.05, 0.1) is 29.8 Å². The van der Waals surface area contributed by atoms with Gasteiger partial charge in [-0.2, -0.15) is 0 Å². The van der Waals surface area contributed by atoms with Crippen LogP contribution in [-0.2, 0) is 11.8 Å². The number of benzene rings is 1. The maximum Gasteiger partial charge on any atom is 0.357 e. The summed E-state index contributed by atoms with van der Waals surface area (Å²) in [6, 6.07) is 7.98. The Kier molecular flexibility index (Phi) is 4.57. The standard InChI is InChI=1S/C18H24N4O2/c1-5-21(6-2)11-12-24-17(23)16-13(3)19-18-20(4)14-9-7-8-10-15(14)22(16)18/h7-10H,5-6,11-12H2,1-4H3/p+1. The minimum Gasteiger partial charge on any atom is -0.455 e. The number of imidazole rings is 2. The van der Waals surface area contributed by atoms with Crippen molar-refractivity contribution in [2.75, 3.05) is 26.2 Å². The Morgan fingerprint density at radius 3 is 2.54 bits per heavy atom. The molecule has 24 heavy (non-hydrogen) atoms. The molecular weight excluding hydrogens is 304 g/mol. The Bertz CT molecular complexity index is 874. The molecule has 0 radical (unpaired) electrons. The lowest BCUT2D eigenvalue weighted by molar-refractivity contribution is -0.896. The highest BCUT2D eigenvalue weighted by Crippen LogP contribution is 2.23. The molecule has 0 unspecified atom stereocenters. The van der Waals surface area contributed by atoms with Crippen LogP contribution in [0, 0.1) is 6.92 Å². The number of likely N-dealkylation sites (N-methyl/N-ethyl adjacent to an activating group) is 1. The molecule has 0 bridgehead atoms. The number of carbonyl (C=O) groups excluding carboxylic acids is 1. The number of nitrogens with zero attached hydrogens (tertiary/aromatic N) is 3. The van der Waals surface area contributed by atoms with Crippen LogP contribution in [0.15, 0.2) is 24.3 Å². The second kappa shape index (κ2) is 6.65. The zero-order valence-corrected chi connectivity index (χ0v) is 14.8. The molecular formula is C18H25N4O2+. The summed E-state index contributed by atoms with van der Waals surface area (Å²) in [6.45, 7) is 9.46. The summed E-state index contributed by atoms with van der Waals surface area (Å²) in [6.07, 6.45) is 0. The van der Waals surface area contributed by atoms with Crippen molar-refractivity contribution in [1.29, 1.82) is 0 Å². The van der Waals surface area contributed by atoms with Crippen LogP contribution in [0.5, 0.6) is 0 Å². The molecule has 0 aliphatic heterocycles. The van der Waals surface area contributed by atoms with Gasteiger partial charge in [-0.3, -0.25) is 4.40 Å². The average molecular weight is 329 g/mol. The van der Waals surface area contributed by atoms with E-state index in [1.54, 1.807) is 0 Å². The number of nitrogens with one attached hydrogen (secondary N) is 1. The number of para-hydroxylation sites is 2. The monoisotopic (exact) mass is 329 g/mol. The molecule has 6 nitrogen and oxygen atoms in total. The summed E-state index contributed by atoms with van der Waals surface area (Å²) in [7, 11) is 1.96. The molecule has 0 aliphatic rings. The number of hydrogen-bond acceptors (Lipinski definition) is 3. The van der Waals surface area contributed by atoms with E-state index in [0.29, 0.717) is 18.0 Å². The van der Waals surface area contributed by atoms with Gasteiger partial charge in [0.2, 0.25) is 5.78 Å². The topological polar surface area (TPSA) is 53.0 Å². The Hall–Kier alpha value is -2.34. The first-order chi connectivity index (χ1) is 11.6. The Morgan fingerprint density at radius 2 is 1.88 bits per heavy atom. The fraction of sp³-hybridized carbons (Fsp3) is 0.444. The average Bonchev–Trinajstić information content (AvgIpc) is 3.07. The van der Waals surface area contributed by atoms with Crippen molar-refractivity contribution in [3.05, 3.63) is 35.7 Å². The smallest absolute Gasteiger partial charge is 0.357 e. The third-order valence-electron chi connectivity index (χ3n) is 4.70. The van der Waals surface area contributed by atoms with Gasteiger partial charge in [0.15, 0.2) is 5.69 Å². The fourth-order valence-corrected chi connectivity index (χ4v) is 3.21. The van der Waals surface area contributed by atoms with E-state index in [1.807, 2.05) is 47.2 Å². The van der Waals surface area contributed by atoms with Crippen molar-refractivity contribution >= 4 is 22.8 Å². The van der Waals surface area contributed by atoms with Crippen LogP contribution < -0.4 is 4.90 Å². The van der Waals surface area contributed by atoms with Crippen LogP contribution in [0.3, 0.4) is 0 Å². The summed E-state index contributed by atoms with van der Waals surface area (Å²) >= 11 is 0. The Labute approximate surface area is 141 Å². The molecule has 3 aromatic rings. The number of fused-ring (bicyclic) bond motifs is 3. The first kappa shape index (κ1) is 16.5. The van der Waals surface area contributed by atoms with Crippen molar-refractivity contribution in [2.45, 2.75) is 20.8 Å². The predicted octanol–water partition coefficient (Wildman–Crippen LogP) is 1.22. The van der Waals surface area contributed by atoms with Crippen molar-refractivity contribution in [3.8, 4) is 0 Å². The minimum atomic E-state index is -0.303. The van der Waals surface area contributed by atoms with Gasteiger partial charge >= 0.3 is 5.97 Å². The molecule has 1 aromatic carbocycles. The van der Waals surface area contributed by atoms with Crippen LogP contribution in [0.25, 0.3) is 16.8 Å². The highest BCUT2D eigenvalue weighted by Gasteiger charge is 2.23. The van der Waals surface area contributed by atoms with Crippen molar-refractivity contribution in [2.24, 2.45) is 7.05 Å². The third-order valence-corrected chi connectivity index (χ3v) is 4.70. The van der Waals surface area contributed by atoms with E-state index in [2.05, 4.69) is 18.8 Å². The first-order valence-electron chi connectivity index (χ1n) is 8.51. The second-order valence-corrected chi connectivity index (χ2v) is 6.07. The molecule has 128 valence electrons. The van der Waals surface area contributed by atoms with E-state index in [0.717, 1.165) is 36.4 Å². The van der Waals surface area contributed by atoms with Gasteiger partial charge in [0, 0.05) is 7.05 Å². The molecule has 0 spiro atoms. The number of aryl methyl sites for hydroxylation is 2. The number of hydrogen-bond donors (Lipinski definition) is 1. The first-order valence-corrected chi connectivity index (χ1v) is 8.51. The van der Waals surface area contributed by atoms with Gasteiger partial charge in [0.25, 0.3) is 0 Å². The highest BCUT2D eigenvalue weighted by molar-refractivity contribution is 5.93. The van der Waals surface area contributed by atoms with Crippen LogP contribution in [0.1, 0.15) is 30.0 Å². The molecule has 0 atom stereocenters. The summed E-state index contributed by atoms with van der Waals surface area (Å²) in [5, 5.41) is 0. The number of esters is 1. The van der Waals surface area contributed by atoms with Gasteiger partial charge in [-0.1, -0.05) is 12.1 Å². The Balaban J connectivity index is 1.93. The van der Waals surface area contributed by atoms with Crippen LogP contribution >= 0.6 is 0 Å². The maximum atomic E-state index is 12.7. The molecule has 6 heteroatoms. The molecule has 0 saturated carbocycles. The fourth-order valence-electron chi connectivity index (χ4n) is 3.21. The molecule has 0 fully saturated rings. The zero-order chi connectivity index (χ0) is 17.3. The number of aromatic nitrogens is 3. The Morgan fingerprint density at radius 1 is 1.21 bits per heavy atom. The van der Waals surface area contributed by atoms with Crippen molar-refractivity contribution < 1.29 is 14.4 Å². The van der Waals surface area contributed by atoms with Crippen molar-refractivity contribution in [3.63, 3.8) is 0 Å². The molecule has 0 aliphatic carbocycles. The van der Waals surface area contributed by atoms with Gasteiger partial charge in [-0.15, -0.1) is 0 Å². The maximum absolute atomic E-state index is 12.7. The van der Waals surface area contributed by atoms with Gasteiger partial charge in [-0.05, 0) is 32.9 Å². The van der Waals surface area contributed by atoms with Crippen LogP contribution in [0.4, 0.5) is 0 Å². The van der Waals surface area contributed by atoms with E-state index >= 15 is 0 Å². The summed E-state index contributed by atoms with van der Waals surface area (Å²) in [5.41, 5.74) is 3.24. The third kappa shape index (κ3) is 2.67. The molecule has 3 rings (SSSR count). The quantitative estimate of drug-likeness (QED) is 0.692. The van der Waals surface area contributed by atoms with Gasteiger partial charge in [-0.25, -0.2) is 9.78 Å². The van der Waals surface area contributed by atoms with Crippen LogP contribution in [0.2, 0.25) is 0 Å². The highest BCUT2D eigenvalue weighted by atomic mass is 16.5. The molecule has 0 amide bonds. The van der Waals surface area contributed by atoms with Crippen LogP contribution in [-0.4, -0.2) is 46.2 Å². The summed E-state index contributed by atoms with van der Waals surface area (Å²) in [5.74, 6) is 0.456. The SMILES string of the molecule is CC[NH+](CC)CCOC(=O)c1c(C)nc2n(C)c3ccccc3n12. The lowest BCUT2D eigenvalue weighted by atomic mass is 10.3. The van der Waals surface area contributed by atoms with E-state index in [-0.39, 0.29) is 5.97 Å². The molecule has 2 aromatic heterocycles. The summed E-state index contributed by atoms with van der Waals surface area (Å²) < 4.78 is 9.44. The number of ether oxygens (including phenoxy) is 1. The molecule has 0 saturated heterocycles. The van der Waals surface area contributed by atoms with E-state index in [1.165, 1.54) is 4.90 Å². The van der Waals surface area contributed by atoms with Crippen molar-refractivity contribution in [1.82, 2.24) is 14.0 Å². The van der Waals surface area contributed by atoms with Gasteiger partial charge < -0.3 is 14.2 Å². The van der Waals surface area contributed by atoms with E-state index in [4.69, 9.17) is 4.74 Å². The van der Waals surface area contributed by atoms with E-state index in [9.17, 15) is 4.79 Å². The lowest BCUT2D eigenvalue weighted by Gasteiger charge is -2.15. The predicted molar refractivity (Wildman–Crippen MR) is 93.6 cm³/mol. The largest absolute Gasteiger partial charge is 0.455 e.